The molecule has 0 saturated heterocycles. The molecular weight excluding hydrogens is 220 g/mol. The van der Waals surface area contributed by atoms with E-state index >= 15 is 0 Å². The number of anilines is 1. The van der Waals surface area contributed by atoms with Crippen molar-refractivity contribution in [1.82, 2.24) is 4.98 Å². The maximum atomic E-state index is 11.8. The number of aromatic nitrogens is 1. The van der Waals surface area contributed by atoms with Gasteiger partial charge in [0.05, 0.1) is 11.3 Å². The van der Waals surface area contributed by atoms with Crippen LogP contribution in [0, 0.1) is 0 Å². The molecule has 0 radical (unpaired) electrons. The minimum absolute atomic E-state index is 0.186. The predicted molar refractivity (Wildman–Crippen MR) is 65.9 cm³/mol. The number of thiol groups is 1. The number of amides is 1. The number of nitrogens with one attached hydrogen (secondary N) is 1. The van der Waals surface area contributed by atoms with Crippen LogP contribution in [0.1, 0.15) is 10.4 Å². The van der Waals surface area contributed by atoms with E-state index in [-0.39, 0.29) is 5.91 Å². The molecule has 2 aromatic rings. The molecule has 80 valence electrons. The van der Waals surface area contributed by atoms with Gasteiger partial charge in [0.25, 0.3) is 5.91 Å². The van der Waals surface area contributed by atoms with Gasteiger partial charge >= 0.3 is 0 Å². The molecule has 1 aromatic carbocycles. The third-order valence-electron chi connectivity index (χ3n) is 2.08. The van der Waals surface area contributed by atoms with Crippen molar-refractivity contribution in [1.29, 1.82) is 0 Å². The standard InChI is InChI=1S/C12H10N2OS/c15-12(9-4-3-7-13-8-9)14-10-5-1-2-6-11(10)16/h1-8,16H,(H,14,15). The van der Waals surface area contributed by atoms with Gasteiger partial charge < -0.3 is 5.32 Å². The summed E-state index contributed by atoms with van der Waals surface area (Å²) in [6.45, 7) is 0. The molecule has 0 atom stereocenters. The van der Waals surface area contributed by atoms with Crippen molar-refractivity contribution in [2.24, 2.45) is 0 Å². The van der Waals surface area contributed by atoms with Gasteiger partial charge in [-0.05, 0) is 24.3 Å². The van der Waals surface area contributed by atoms with Gasteiger partial charge in [-0.3, -0.25) is 9.78 Å². The molecule has 0 unspecified atom stereocenters. The lowest BCUT2D eigenvalue weighted by Gasteiger charge is -2.06. The average molecular weight is 230 g/mol. The second-order valence-corrected chi connectivity index (χ2v) is 3.69. The van der Waals surface area contributed by atoms with Gasteiger partial charge in [-0.25, -0.2) is 0 Å². The number of pyridine rings is 1. The van der Waals surface area contributed by atoms with Crippen molar-refractivity contribution in [3.63, 3.8) is 0 Å². The molecule has 0 aliphatic carbocycles. The SMILES string of the molecule is O=C(Nc1ccccc1S)c1cccnc1. The Morgan fingerprint density at radius 2 is 2.00 bits per heavy atom. The van der Waals surface area contributed by atoms with Gasteiger partial charge in [-0.1, -0.05) is 12.1 Å². The van der Waals surface area contributed by atoms with E-state index in [4.69, 9.17) is 0 Å². The summed E-state index contributed by atoms with van der Waals surface area (Å²) in [6, 6.07) is 10.8. The molecule has 0 fully saturated rings. The third kappa shape index (κ3) is 2.41. The van der Waals surface area contributed by atoms with Crippen LogP contribution in [-0.4, -0.2) is 10.9 Å². The van der Waals surface area contributed by atoms with Gasteiger partial charge in [-0.2, -0.15) is 0 Å². The molecule has 1 aromatic heterocycles. The van der Waals surface area contributed by atoms with E-state index in [0.29, 0.717) is 11.3 Å². The Morgan fingerprint density at radius 1 is 1.19 bits per heavy atom. The van der Waals surface area contributed by atoms with E-state index in [1.165, 1.54) is 6.20 Å². The molecule has 4 heteroatoms. The zero-order valence-corrected chi connectivity index (χ0v) is 9.32. The molecule has 0 saturated carbocycles. The van der Waals surface area contributed by atoms with Crippen LogP contribution < -0.4 is 5.32 Å². The number of nitrogens with zero attached hydrogens (tertiary/aromatic N) is 1. The topological polar surface area (TPSA) is 42.0 Å². The van der Waals surface area contributed by atoms with Crippen molar-refractivity contribution in [3.05, 3.63) is 54.4 Å². The number of carbonyl (C=O) groups excluding carboxylic acids is 1. The summed E-state index contributed by atoms with van der Waals surface area (Å²) in [5.41, 5.74) is 1.22. The quantitative estimate of drug-likeness (QED) is 0.779. The summed E-state index contributed by atoms with van der Waals surface area (Å²) in [4.78, 5) is 16.4. The Kier molecular flexibility index (Phi) is 3.22. The first kappa shape index (κ1) is 10.7. The molecule has 0 spiro atoms. The summed E-state index contributed by atoms with van der Waals surface area (Å²) < 4.78 is 0. The summed E-state index contributed by atoms with van der Waals surface area (Å²) in [5.74, 6) is -0.186. The number of hydrogen-bond donors (Lipinski definition) is 2. The van der Waals surface area contributed by atoms with Gasteiger partial charge in [0.15, 0.2) is 0 Å². The Labute approximate surface area is 98.9 Å². The lowest BCUT2D eigenvalue weighted by Crippen LogP contribution is -2.12. The first-order chi connectivity index (χ1) is 7.77. The lowest BCUT2D eigenvalue weighted by molar-refractivity contribution is 0.102. The number of para-hydroxylation sites is 1. The fraction of sp³-hybridized carbons (Fsp3) is 0. The largest absolute Gasteiger partial charge is 0.321 e. The van der Waals surface area contributed by atoms with Gasteiger partial charge in [-0.15, -0.1) is 12.6 Å². The van der Waals surface area contributed by atoms with Crippen molar-refractivity contribution in [2.45, 2.75) is 4.90 Å². The van der Waals surface area contributed by atoms with Crippen LogP contribution in [0.3, 0.4) is 0 Å². The molecule has 0 aliphatic rings. The van der Waals surface area contributed by atoms with E-state index in [1.54, 1.807) is 24.4 Å². The highest BCUT2D eigenvalue weighted by Gasteiger charge is 2.06. The Hall–Kier alpha value is -1.81. The smallest absolute Gasteiger partial charge is 0.257 e. The van der Waals surface area contributed by atoms with E-state index < -0.39 is 0 Å². The van der Waals surface area contributed by atoms with Crippen molar-refractivity contribution >= 4 is 24.2 Å². The first-order valence-corrected chi connectivity index (χ1v) is 5.21. The average Bonchev–Trinajstić information content (AvgIpc) is 2.33. The molecule has 1 amide bonds. The molecule has 2 rings (SSSR count). The van der Waals surface area contributed by atoms with E-state index in [9.17, 15) is 4.79 Å². The fourth-order valence-corrected chi connectivity index (χ4v) is 1.49. The minimum atomic E-state index is -0.186. The summed E-state index contributed by atoms with van der Waals surface area (Å²) in [7, 11) is 0. The van der Waals surface area contributed by atoms with Crippen LogP contribution in [0.5, 0.6) is 0 Å². The van der Waals surface area contributed by atoms with Crippen molar-refractivity contribution < 1.29 is 4.79 Å². The van der Waals surface area contributed by atoms with Crippen LogP contribution in [-0.2, 0) is 0 Å². The lowest BCUT2D eigenvalue weighted by atomic mass is 10.2. The van der Waals surface area contributed by atoms with Gasteiger partial charge in [0.2, 0.25) is 0 Å². The second-order valence-electron chi connectivity index (χ2n) is 3.21. The van der Waals surface area contributed by atoms with Crippen molar-refractivity contribution in [2.75, 3.05) is 5.32 Å². The zero-order valence-electron chi connectivity index (χ0n) is 8.42. The number of carbonyl (C=O) groups is 1. The summed E-state index contributed by atoms with van der Waals surface area (Å²) in [6.07, 6.45) is 3.15. The molecule has 16 heavy (non-hydrogen) atoms. The van der Waals surface area contributed by atoms with Crippen LogP contribution in [0.2, 0.25) is 0 Å². The number of hydrogen-bond acceptors (Lipinski definition) is 3. The highest BCUT2D eigenvalue weighted by atomic mass is 32.1. The predicted octanol–water partition coefficient (Wildman–Crippen LogP) is 2.62. The fourth-order valence-electron chi connectivity index (χ4n) is 1.27. The van der Waals surface area contributed by atoms with E-state index in [2.05, 4.69) is 22.9 Å². The van der Waals surface area contributed by atoms with E-state index in [1.807, 2.05) is 18.2 Å². The van der Waals surface area contributed by atoms with Crippen LogP contribution in [0.25, 0.3) is 0 Å². The Balaban J connectivity index is 2.18. The van der Waals surface area contributed by atoms with Crippen LogP contribution in [0.4, 0.5) is 5.69 Å². The molecular formula is C12H10N2OS. The molecule has 0 aliphatic heterocycles. The minimum Gasteiger partial charge on any atom is -0.321 e. The molecule has 3 nitrogen and oxygen atoms in total. The van der Waals surface area contributed by atoms with Gasteiger partial charge in [0.1, 0.15) is 0 Å². The molecule has 0 bridgehead atoms. The zero-order chi connectivity index (χ0) is 11.4. The number of benzene rings is 1. The number of rotatable bonds is 2. The van der Waals surface area contributed by atoms with Crippen molar-refractivity contribution in [3.8, 4) is 0 Å². The highest BCUT2D eigenvalue weighted by molar-refractivity contribution is 7.80. The first-order valence-electron chi connectivity index (χ1n) is 4.77. The second kappa shape index (κ2) is 4.81. The van der Waals surface area contributed by atoms with Crippen LogP contribution in [0.15, 0.2) is 53.7 Å². The monoisotopic (exact) mass is 230 g/mol. The van der Waals surface area contributed by atoms with Gasteiger partial charge in [0, 0.05) is 17.3 Å². The Morgan fingerprint density at radius 3 is 2.69 bits per heavy atom. The summed E-state index contributed by atoms with van der Waals surface area (Å²) in [5, 5.41) is 2.77. The van der Waals surface area contributed by atoms with E-state index in [0.717, 1.165) is 4.90 Å². The third-order valence-corrected chi connectivity index (χ3v) is 2.47. The molecule has 1 heterocycles. The maximum Gasteiger partial charge on any atom is 0.257 e. The highest BCUT2D eigenvalue weighted by Crippen LogP contribution is 2.19. The Bertz CT molecular complexity index is 499. The summed E-state index contributed by atoms with van der Waals surface area (Å²) >= 11 is 4.25. The molecule has 1 N–H and O–H groups in total. The normalized spacial score (nSPS) is 9.81. The maximum absolute atomic E-state index is 11.8. The van der Waals surface area contributed by atoms with Crippen LogP contribution >= 0.6 is 12.6 Å².